The van der Waals surface area contributed by atoms with Crippen molar-refractivity contribution in [3.8, 4) is 0 Å². The molecule has 8 heteroatoms. The summed E-state index contributed by atoms with van der Waals surface area (Å²) in [5.41, 5.74) is 1.13. The number of carbonyl (C=O) groups excluding carboxylic acids is 3. The van der Waals surface area contributed by atoms with E-state index in [9.17, 15) is 19.2 Å². The van der Waals surface area contributed by atoms with Gasteiger partial charge in [0, 0.05) is 36.9 Å². The summed E-state index contributed by atoms with van der Waals surface area (Å²) in [7, 11) is 0. The average molecular weight is 369 g/mol. The van der Waals surface area contributed by atoms with E-state index in [0.717, 1.165) is 0 Å². The van der Waals surface area contributed by atoms with E-state index >= 15 is 0 Å². The molecule has 0 aliphatic carbocycles. The average Bonchev–Trinajstić information content (AvgIpc) is 2.54. The number of rotatable bonds is 10. The topological polar surface area (TPSA) is 113 Å². The van der Waals surface area contributed by atoms with Crippen molar-refractivity contribution in [3.63, 3.8) is 0 Å². The molecular formula is C17H21ClN2O5. The number of hydrogen-bond acceptors (Lipinski definition) is 4. The third-order valence-corrected chi connectivity index (χ3v) is 3.62. The SMILES string of the molecule is CC(=O)NCCCC(=O)c1ccc(Cl)cc1CCC(=O)NCC(=O)O. The summed E-state index contributed by atoms with van der Waals surface area (Å²) in [5, 5.41) is 13.9. The Morgan fingerprint density at radius 3 is 2.48 bits per heavy atom. The lowest BCUT2D eigenvalue weighted by atomic mass is 9.97. The van der Waals surface area contributed by atoms with Gasteiger partial charge in [-0.3, -0.25) is 19.2 Å². The Balaban J connectivity index is 2.65. The Hall–Kier alpha value is -2.41. The molecule has 7 nitrogen and oxygen atoms in total. The molecule has 1 aromatic carbocycles. The highest BCUT2D eigenvalue weighted by atomic mass is 35.5. The third kappa shape index (κ3) is 8.30. The van der Waals surface area contributed by atoms with E-state index < -0.39 is 18.4 Å². The van der Waals surface area contributed by atoms with Gasteiger partial charge in [0.15, 0.2) is 5.78 Å². The van der Waals surface area contributed by atoms with Gasteiger partial charge in [-0.1, -0.05) is 11.6 Å². The molecule has 0 bridgehead atoms. The summed E-state index contributed by atoms with van der Waals surface area (Å²) in [6.07, 6.45) is 1.11. The first-order chi connectivity index (χ1) is 11.8. The number of nitrogens with one attached hydrogen (secondary N) is 2. The normalized spacial score (nSPS) is 10.2. The van der Waals surface area contributed by atoms with Gasteiger partial charge in [0.25, 0.3) is 0 Å². The number of Topliss-reactive ketones (excluding diaryl/α,β-unsaturated/α-hetero) is 1. The highest BCUT2D eigenvalue weighted by Gasteiger charge is 2.13. The van der Waals surface area contributed by atoms with Crippen molar-refractivity contribution in [2.45, 2.75) is 32.6 Å². The van der Waals surface area contributed by atoms with Crippen LogP contribution in [0.5, 0.6) is 0 Å². The fraction of sp³-hybridized carbons (Fsp3) is 0.412. The standard InChI is InChI=1S/C17H21ClN2O5/c1-11(21)19-8-2-3-15(22)14-6-5-13(18)9-12(14)4-7-16(23)20-10-17(24)25/h5-6,9H,2-4,7-8,10H2,1H3,(H,19,21)(H,20,23)(H,24,25). The van der Waals surface area contributed by atoms with Crippen LogP contribution in [0.25, 0.3) is 0 Å². The number of carbonyl (C=O) groups is 4. The van der Waals surface area contributed by atoms with Gasteiger partial charge >= 0.3 is 5.97 Å². The number of aryl methyl sites for hydroxylation is 1. The second-order valence-electron chi connectivity index (χ2n) is 5.48. The highest BCUT2D eigenvalue weighted by molar-refractivity contribution is 6.30. The number of benzene rings is 1. The molecule has 0 aromatic heterocycles. The maximum Gasteiger partial charge on any atom is 0.322 e. The van der Waals surface area contributed by atoms with Crippen molar-refractivity contribution in [1.82, 2.24) is 10.6 Å². The molecule has 0 atom stereocenters. The van der Waals surface area contributed by atoms with Crippen LogP contribution < -0.4 is 10.6 Å². The quantitative estimate of drug-likeness (QED) is 0.428. The molecule has 136 valence electrons. The molecule has 2 amide bonds. The van der Waals surface area contributed by atoms with Gasteiger partial charge in [0.2, 0.25) is 11.8 Å². The third-order valence-electron chi connectivity index (χ3n) is 3.38. The fourth-order valence-electron chi connectivity index (χ4n) is 2.20. The summed E-state index contributed by atoms with van der Waals surface area (Å²) in [6, 6.07) is 4.86. The van der Waals surface area contributed by atoms with E-state index in [-0.39, 0.29) is 31.0 Å². The zero-order chi connectivity index (χ0) is 18.8. The summed E-state index contributed by atoms with van der Waals surface area (Å²) >= 11 is 5.96. The smallest absolute Gasteiger partial charge is 0.322 e. The lowest BCUT2D eigenvalue weighted by Gasteiger charge is -2.10. The van der Waals surface area contributed by atoms with Gasteiger partial charge < -0.3 is 15.7 Å². The van der Waals surface area contributed by atoms with E-state index in [2.05, 4.69) is 10.6 Å². The number of hydrogen-bond donors (Lipinski definition) is 3. The van der Waals surface area contributed by atoms with Crippen LogP contribution in [-0.2, 0) is 20.8 Å². The van der Waals surface area contributed by atoms with Crippen molar-refractivity contribution in [1.29, 1.82) is 0 Å². The highest BCUT2D eigenvalue weighted by Crippen LogP contribution is 2.19. The minimum Gasteiger partial charge on any atom is -0.480 e. The lowest BCUT2D eigenvalue weighted by Crippen LogP contribution is -2.29. The molecular weight excluding hydrogens is 348 g/mol. The minimum absolute atomic E-state index is 0.0554. The molecule has 25 heavy (non-hydrogen) atoms. The monoisotopic (exact) mass is 368 g/mol. The first kappa shape index (κ1) is 20.6. The largest absolute Gasteiger partial charge is 0.480 e. The Labute approximate surface area is 150 Å². The number of amides is 2. The van der Waals surface area contributed by atoms with Gasteiger partial charge in [-0.05, 0) is 36.6 Å². The number of carboxylic acid groups (broad SMARTS) is 1. The first-order valence-corrected chi connectivity index (χ1v) is 8.22. The Bertz CT molecular complexity index is 660. The molecule has 1 rings (SSSR count). The molecule has 0 heterocycles. The van der Waals surface area contributed by atoms with Gasteiger partial charge in [-0.15, -0.1) is 0 Å². The molecule has 0 fully saturated rings. The number of carboxylic acids is 1. The maximum atomic E-state index is 12.3. The minimum atomic E-state index is -1.12. The van der Waals surface area contributed by atoms with Gasteiger partial charge in [-0.2, -0.15) is 0 Å². The van der Waals surface area contributed by atoms with Crippen LogP contribution in [0.2, 0.25) is 5.02 Å². The molecule has 0 spiro atoms. The van der Waals surface area contributed by atoms with Crippen LogP contribution in [0.15, 0.2) is 18.2 Å². The first-order valence-electron chi connectivity index (χ1n) is 7.84. The zero-order valence-electron chi connectivity index (χ0n) is 13.9. The maximum absolute atomic E-state index is 12.3. The molecule has 1 aromatic rings. The van der Waals surface area contributed by atoms with Crippen LogP contribution >= 0.6 is 11.6 Å². The van der Waals surface area contributed by atoms with E-state index in [4.69, 9.17) is 16.7 Å². The van der Waals surface area contributed by atoms with Crippen LogP contribution in [0.3, 0.4) is 0 Å². The van der Waals surface area contributed by atoms with Crippen LogP contribution in [0.1, 0.15) is 42.1 Å². The second-order valence-corrected chi connectivity index (χ2v) is 5.92. The van der Waals surface area contributed by atoms with E-state index in [1.807, 2.05) is 0 Å². The van der Waals surface area contributed by atoms with Crippen molar-refractivity contribution < 1.29 is 24.3 Å². The van der Waals surface area contributed by atoms with Crippen LogP contribution in [0.4, 0.5) is 0 Å². The molecule has 0 unspecified atom stereocenters. The second kappa shape index (κ2) is 10.5. The lowest BCUT2D eigenvalue weighted by molar-refractivity contribution is -0.137. The van der Waals surface area contributed by atoms with E-state index in [0.29, 0.717) is 29.1 Å². The summed E-state index contributed by atoms with van der Waals surface area (Å²) < 4.78 is 0. The Kier molecular flexibility index (Phi) is 8.63. The van der Waals surface area contributed by atoms with Crippen molar-refractivity contribution in [3.05, 3.63) is 34.3 Å². The van der Waals surface area contributed by atoms with Crippen LogP contribution in [0, 0.1) is 0 Å². The van der Waals surface area contributed by atoms with Crippen molar-refractivity contribution in [2.75, 3.05) is 13.1 Å². The Morgan fingerprint density at radius 2 is 1.84 bits per heavy atom. The molecule has 0 aliphatic heterocycles. The number of ketones is 1. The van der Waals surface area contributed by atoms with Crippen LogP contribution in [-0.4, -0.2) is 41.8 Å². The molecule has 3 N–H and O–H groups in total. The summed E-state index contributed by atoms with van der Waals surface area (Å²) in [6.45, 7) is 1.39. The van der Waals surface area contributed by atoms with Gasteiger partial charge in [0.05, 0.1) is 0 Å². The summed E-state index contributed by atoms with van der Waals surface area (Å²) in [4.78, 5) is 45.2. The van der Waals surface area contributed by atoms with Crippen molar-refractivity contribution in [2.24, 2.45) is 0 Å². The van der Waals surface area contributed by atoms with Gasteiger partial charge in [-0.25, -0.2) is 0 Å². The van der Waals surface area contributed by atoms with E-state index in [1.165, 1.54) is 6.92 Å². The zero-order valence-corrected chi connectivity index (χ0v) is 14.7. The van der Waals surface area contributed by atoms with E-state index in [1.54, 1.807) is 18.2 Å². The molecule has 0 saturated heterocycles. The summed E-state index contributed by atoms with van der Waals surface area (Å²) in [5.74, 6) is -1.77. The number of aliphatic carboxylic acids is 1. The predicted octanol–water partition coefficient (Wildman–Crippen LogP) is 1.57. The predicted molar refractivity (Wildman–Crippen MR) is 92.7 cm³/mol. The molecule has 0 radical (unpaired) electrons. The van der Waals surface area contributed by atoms with Gasteiger partial charge in [0.1, 0.15) is 6.54 Å². The Morgan fingerprint density at radius 1 is 1.12 bits per heavy atom. The fourth-order valence-corrected chi connectivity index (χ4v) is 2.39. The molecule has 0 saturated carbocycles. The van der Waals surface area contributed by atoms with Crippen molar-refractivity contribution >= 4 is 35.2 Å². The number of halogens is 1. The molecule has 0 aliphatic rings.